The third-order valence-electron chi connectivity index (χ3n) is 2.59. The second-order valence-corrected chi connectivity index (χ2v) is 5.05. The lowest BCUT2D eigenvalue weighted by molar-refractivity contribution is 0.320. The molecule has 3 nitrogen and oxygen atoms in total. The molecule has 5 heteroatoms. The predicted molar refractivity (Wildman–Crippen MR) is 79.4 cm³/mol. The van der Waals surface area contributed by atoms with E-state index in [1.807, 2.05) is 0 Å². The van der Waals surface area contributed by atoms with E-state index in [4.69, 9.17) is 16.8 Å². The van der Waals surface area contributed by atoms with Crippen molar-refractivity contribution in [1.29, 1.82) is 5.26 Å². The van der Waals surface area contributed by atoms with Crippen molar-refractivity contribution in [2.45, 2.75) is 0 Å². The third kappa shape index (κ3) is 2.95. The van der Waals surface area contributed by atoms with E-state index in [9.17, 15) is 5.26 Å². The number of allylic oxidation sites excluding steroid dienone is 6. The molecule has 0 fully saturated rings. The minimum Gasteiger partial charge on any atom is -0.410 e. The first-order valence-electron chi connectivity index (χ1n) is 5.33. The first-order valence-corrected chi connectivity index (χ1v) is 6.51. The highest BCUT2D eigenvalue weighted by atomic mass is 79.9. The summed E-state index contributed by atoms with van der Waals surface area (Å²) < 4.78 is 0.620. The van der Waals surface area contributed by atoms with Gasteiger partial charge in [0, 0.05) is 9.51 Å². The minimum absolute atomic E-state index is 0.414. The van der Waals surface area contributed by atoms with Crippen molar-refractivity contribution in [3.05, 3.63) is 63.1 Å². The van der Waals surface area contributed by atoms with Gasteiger partial charge in [-0.3, -0.25) is 0 Å². The summed E-state index contributed by atoms with van der Waals surface area (Å²) in [4.78, 5) is 0. The first kappa shape index (κ1) is 13.6. The smallest absolute Gasteiger partial charge is 0.116 e. The van der Waals surface area contributed by atoms with Crippen molar-refractivity contribution < 1.29 is 5.21 Å². The molecule has 2 rings (SSSR count). The van der Waals surface area contributed by atoms with E-state index >= 15 is 0 Å². The molecule has 0 unspecified atom stereocenters. The molecule has 0 saturated heterocycles. The lowest BCUT2D eigenvalue weighted by Gasteiger charge is -2.08. The van der Waals surface area contributed by atoms with Crippen LogP contribution in [0.15, 0.2) is 57.7 Å². The second-order valence-electron chi connectivity index (χ2n) is 3.76. The van der Waals surface area contributed by atoms with Crippen molar-refractivity contribution in [3.8, 4) is 6.07 Å². The van der Waals surface area contributed by atoms with Crippen LogP contribution in [0.1, 0.15) is 5.56 Å². The van der Waals surface area contributed by atoms with Gasteiger partial charge in [-0.15, -0.1) is 0 Å². The average molecular weight is 336 g/mol. The van der Waals surface area contributed by atoms with Crippen LogP contribution in [0, 0.1) is 11.3 Å². The summed E-state index contributed by atoms with van der Waals surface area (Å²) in [5.74, 6) is 0. The molecule has 1 aromatic carbocycles. The number of rotatable bonds is 1. The summed E-state index contributed by atoms with van der Waals surface area (Å²) in [5, 5.41) is 21.8. The van der Waals surface area contributed by atoms with E-state index in [-0.39, 0.29) is 0 Å². The van der Waals surface area contributed by atoms with Crippen molar-refractivity contribution in [2.75, 3.05) is 0 Å². The van der Waals surface area contributed by atoms with Gasteiger partial charge in [-0.05, 0) is 51.4 Å². The normalized spacial score (nSPS) is 19.0. The number of oxime groups is 1. The number of benzene rings is 1. The van der Waals surface area contributed by atoms with Crippen molar-refractivity contribution in [1.82, 2.24) is 0 Å². The zero-order chi connectivity index (χ0) is 13.8. The summed E-state index contributed by atoms with van der Waals surface area (Å²) in [7, 11) is 0. The molecule has 94 valence electrons. The van der Waals surface area contributed by atoms with Gasteiger partial charge in [-0.25, -0.2) is 0 Å². The van der Waals surface area contributed by atoms with Gasteiger partial charge < -0.3 is 5.21 Å². The van der Waals surface area contributed by atoms with Crippen LogP contribution in [-0.4, -0.2) is 10.9 Å². The molecule has 1 aliphatic carbocycles. The summed E-state index contributed by atoms with van der Waals surface area (Å²) in [5.41, 5.74) is 2.47. The van der Waals surface area contributed by atoms with E-state index in [2.05, 4.69) is 27.2 Å². The highest BCUT2D eigenvalue weighted by Crippen LogP contribution is 2.27. The molecule has 1 aliphatic rings. The monoisotopic (exact) mass is 334 g/mol. The Labute approximate surface area is 123 Å². The Bertz CT molecular complexity index is 664. The fourth-order valence-electron chi connectivity index (χ4n) is 1.66. The highest BCUT2D eigenvalue weighted by molar-refractivity contribution is 9.12. The van der Waals surface area contributed by atoms with Crippen LogP contribution in [0.3, 0.4) is 0 Å². The topological polar surface area (TPSA) is 56.4 Å². The first-order chi connectivity index (χ1) is 9.15. The highest BCUT2D eigenvalue weighted by Gasteiger charge is 2.12. The zero-order valence-electron chi connectivity index (χ0n) is 9.64. The summed E-state index contributed by atoms with van der Waals surface area (Å²) in [6.07, 6.45) is 5.10. The molecule has 0 spiro atoms. The van der Waals surface area contributed by atoms with E-state index in [0.717, 1.165) is 11.1 Å². The minimum atomic E-state index is 0.414. The number of nitriles is 1. The standard InChI is InChI=1S/C14H8BrClN2O/c15-13-7-10(3-6-14(13)18-19)12(8-17)9-1-4-11(16)5-2-9/h1-7,19H/b12-10+,18-14?. The van der Waals surface area contributed by atoms with E-state index in [0.29, 0.717) is 20.8 Å². The van der Waals surface area contributed by atoms with Crippen molar-refractivity contribution in [2.24, 2.45) is 5.16 Å². The fraction of sp³-hybridized carbons (Fsp3) is 0. The molecule has 0 heterocycles. The van der Waals surface area contributed by atoms with Gasteiger partial charge >= 0.3 is 0 Å². The van der Waals surface area contributed by atoms with E-state index < -0.39 is 0 Å². The molecular weight excluding hydrogens is 328 g/mol. The van der Waals surface area contributed by atoms with Gasteiger partial charge in [0.25, 0.3) is 0 Å². The molecule has 1 N–H and O–H groups in total. The SMILES string of the molecule is N#C/C(=C1/C=CC(=NO)C(Br)=C1)c1ccc(Cl)cc1. The van der Waals surface area contributed by atoms with Crippen LogP contribution in [0.2, 0.25) is 5.02 Å². The molecule has 19 heavy (non-hydrogen) atoms. The van der Waals surface area contributed by atoms with Crippen LogP contribution >= 0.6 is 27.5 Å². The molecule has 0 aromatic heterocycles. The maximum Gasteiger partial charge on any atom is 0.116 e. The predicted octanol–water partition coefficient (Wildman–Crippen LogP) is 4.30. The van der Waals surface area contributed by atoms with Gasteiger partial charge in [-0.2, -0.15) is 5.26 Å². The maximum absolute atomic E-state index is 9.31. The van der Waals surface area contributed by atoms with Crippen molar-refractivity contribution >= 4 is 38.8 Å². The van der Waals surface area contributed by atoms with Crippen molar-refractivity contribution in [3.63, 3.8) is 0 Å². The maximum atomic E-state index is 9.31. The van der Waals surface area contributed by atoms with Gasteiger partial charge in [0.15, 0.2) is 0 Å². The number of hydrogen-bond donors (Lipinski definition) is 1. The van der Waals surface area contributed by atoms with Crippen LogP contribution in [-0.2, 0) is 0 Å². The Balaban J connectivity index is 2.51. The Kier molecular flexibility index (Phi) is 4.20. The molecule has 0 saturated carbocycles. The van der Waals surface area contributed by atoms with E-state index in [1.54, 1.807) is 42.5 Å². The fourth-order valence-corrected chi connectivity index (χ4v) is 2.24. The molecule has 0 radical (unpaired) electrons. The molecule has 0 aliphatic heterocycles. The number of halogens is 2. The van der Waals surface area contributed by atoms with Crippen LogP contribution in [0.4, 0.5) is 0 Å². The molecule has 1 aromatic rings. The quantitative estimate of drug-likeness (QED) is 0.473. The average Bonchev–Trinajstić information content (AvgIpc) is 2.42. The molecular formula is C14H8BrClN2O. The van der Waals surface area contributed by atoms with Gasteiger partial charge in [-0.1, -0.05) is 35.0 Å². The van der Waals surface area contributed by atoms with Gasteiger partial charge in [0.05, 0.1) is 5.57 Å². The largest absolute Gasteiger partial charge is 0.410 e. The lowest BCUT2D eigenvalue weighted by atomic mass is 9.97. The van der Waals surface area contributed by atoms with Crippen LogP contribution < -0.4 is 0 Å². The van der Waals surface area contributed by atoms with Gasteiger partial charge in [0.2, 0.25) is 0 Å². The molecule has 0 atom stereocenters. The third-order valence-corrected chi connectivity index (χ3v) is 3.48. The van der Waals surface area contributed by atoms with E-state index in [1.165, 1.54) is 0 Å². The summed E-state index contributed by atoms with van der Waals surface area (Å²) in [6.45, 7) is 0. The Morgan fingerprint density at radius 1 is 1.26 bits per heavy atom. The van der Waals surface area contributed by atoms with Crippen LogP contribution in [0.5, 0.6) is 0 Å². The summed E-state index contributed by atoms with van der Waals surface area (Å²) >= 11 is 9.12. The molecule has 0 amide bonds. The van der Waals surface area contributed by atoms with Crippen LogP contribution in [0.25, 0.3) is 5.57 Å². The number of hydrogen-bond acceptors (Lipinski definition) is 3. The Morgan fingerprint density at radius 3 is 2.47 bits per heavy atom. The second kappa shape index (κ2) is 5.87. The lowest BCUT2D eigenvalue weighted by Crippen LogP contribution is -2.00. The summed E-state index contributed by atoms with van der Waals surface area (Å²) in [6, 6.07) is 9.23. The zero-order valence-corrected chi connectivity index (χ0v) is 12.0. The Morgan fingerprint density at radius 2 is 1.95 bits per heavy atom. The van der Waals surface area contributed by atoms with Gasteiger partial charge in [0.1, 0.15) is 11.8 Å². The Hall–Kier alpha value is -1.83. The number of nitrogens with zero attached hydrogens (tertiary/aromatic N) is 2. The molecule has 0 bridgehead atoms.